The first-order valence-electron chi connectivity index (χ1n) is 6.77. The van der Waals surface area contributed by atoms with Crippen molar-refractivity contribution in [2.24, 2.45) is 0 Å². The minimum atomic E-state index is -0.0375. The van der Waals surface area contributed by atoms with Crippen LogP contribution in [0.3, 0.4) is 0 Å². The average Bonchev–Trinajstić information content (AvgIpc) is 2.78. The van der Waals surface area contributed by atoms with E-state index >= 15 is 0 Å². The van der Waals surface area contributed by atoms with Gasteiger partial charge in [-0.1, -0.05) is 6.07 Å². The molecule has 0 saturated heterocycles. The van der Waals surface area contributed by atoms with Gasteiger partial charge in [-0.3, -0.25) is 9.78 Å². The number of nitrogens with one attached hydrogen (secondary N) is 1. The van der Waals surface area contributed by atoms with E-state index in [2.05, 4.69) is 16.4 Å². The third kappa shape index (κ3) is 1.75. The van der Waals surface area contributed by atoms with E-state index in [4.69, 9.17) is 5.26 Å². The summed E-state index contributed by atoms with van der Waals surface area (Å²) >= 11 is 0. The Morgan fingerprint density at radius 3 is 2.95 bits per heavy atom. The minimum Gasteiger partial charge on any atom is -0.324 e. The number of amides is 1. The first-order valence-corrected chi connectivity index (χ1v) is 6.77. The topological polar surface area (TPSA) is 65.8 Å². The lowest BCUT2D eigenvalue weighted by atomic mass is 10.00. The summed E-state index contributed by atoms with van der Waals surface area (Å²) in [4.78, 5) is 16.6. The first kappa shape index (κ1) is 11.9. The number of anilines is 1. The predicted octanol–water partition coefficient (Wildman–Crippen LogP) is 2.76. The Hall–Kier alpha value is -2.93. The quantitative estimate of drug-likeness (QED) is 0.802. The van der Waals surface area contributed by atoms with E-state index in [0.29, 0.717) is 12.0 Å². The highest BCUT2D eigenvalue weighted by atomic mass is 16.1. The van der Waals surface area contributed by atoms with Crippen LogP contribution in [-0.4, -0.2) is 10.9 Å². The van der Waals surface area contributed by atoms with Gasteiger partial charge in [0.2, 0.25) is 5.91 Å². The predicted molar refractivity (Wildman–Crippen MR) is 79.2 cm³/mol. The largest absolute Gasteiger partial charge is 0.324 e. The number of fused-ring (bicyclic) bond motifs is 4. The number of carbonyl (C=O) groups excluding carboxylic acids is 1. The van der Waals surface area contributed by atoms with Gasteiger partial charge in [-0.05, 0) is 46.5 Å². The van der Waals surface area contributed by atoms with Crippen molar-refractivity contribution >= 4 is 22.7 Å². The summed E-state index contributed by atoms with van der Waals surface area (Å²) in [6.45, 7) is 0. The molecule has 4 nitrogen and oxygen atoms in total. The third-order valence-corrected chi connectivity index (χ3v) is 4.00. The van der Waals surface area contributed by atoms with Gasteiger partial charge in [0.25, 0.3) is 0 Å². The third-order valence-electron chi connectivity index (χ3n) is 4.00. The van der Waals surface area contributed by atoms with Crippen molar-refractivity contribution in [3.63, 3.8) is 0 Å². The van der Waals surface area contributed by atoms with Crippen molar-refractivity contribution < 1.29 is 4.79 Å². The van der Waals surface area contributed by atoms with E-state index in [1.807, 2.05) is 30.3 Å². The standard InChI is InChI=1S/C17H11N3O/c18-9-10-3-4-11-7-14-13(12(11)6-10)8-16(21)20-15-2-1-5-19-17(14)15/h1-6H,7-8H2,(H,20,21). The molecule has 21 heavy (non-hydrogen) atoms. The fourth-order valence-corrected chi connectivity index (χ4v) is 3.07. The number of nitrogens with zero attached hydrogens (tertiary/aromatic N) is 2. The average molecular weight is 273 g/mol. The second-order valence-corrected chi connectivity index (χ2v) is 5.24. The highest BCUT2D eigenvalue weighted by Crippen LogP contribution is 2.43. The maximum atomic E-state index is 12.1. The van der Waals surface area contributed by atoms with Gasteiger partial charge in [0, 0.05) is 12.6 Å². The van der Waals surface area contributed by atoms with Gasteiger partial charge in [0.15, 0.2) is 0 Å². The van der Waals surface area contributed by atoms with Crippen molar-refractivity contribution in [2.45, 2.75) is 12.8 Å². The molecule has 0 bridgehead atoms. The zero-order valence-electron chi connectivity index (χ0n) is 11.2. The molecule has 1 N–H and O–H groups in total. The lowest BCUT2D eigenvalue weighted by Crippen LogP contribution is -2.11. The summed E-state index contributed by atoms with van der Waals surface area (Å²) in [5.74, 6) is -0.0375. The number of allylic oxidation sites excluding steroid dienone is 1. The number of pyridine rings is 1. The van der Waals surface area contributed by atoms with Gasteiger partial charge in [-0.2, -0.15) is 5.26 Å². The fourth-order valence-electron chi connectivity index (χ4n) is 3.07. The van der Waals surface area contributed by atoms with Gasteiger partial charge >= 0.3 is 0 Å². The van der Waals surface area contributed by atoms with Crippen LogP contribution in [0.5, 0.6) is 0 Å². The lowest BCUT2D eigenvalue weighted by Gasteiger charge is -2.07. The number of benzene rings is 1. The highest BCUT2D eigenvalue weighted by Gasteiger charge is 2.29. The van der Waals surface area contributed by atoms with E-state index in [1.165, 1.54) is 0 Å². The number of carbonyl (C=O) groups is 1. The van der Waals surface area contributed by atoms with E-state index in [0.717, 1.165) is 40.1 Å². The molecule has 1 aromatic heterocycles. The van der Waals surface area contributed by atoms with Crippen LogP contribution in [0.1, 0.15) is 28.8 Å². The Morgan fingerprint density at radius 1 is 1.19 bits per heavy atom. The van der Waals surface area contributed by atoms with Crippen LogP contribution in [0.15, 0.2) is 36.5 Å². The number of aromatic nitrogens is 1. The molecule has 0 spiro atoms. The molecule has 0 radical (unpaired) electrons. The van der Waals surface area contributed by atoms with Gasteiger partial charge in [-0.15, -0.1) is 0 Å². The monoisotopic (exact) mass is 273 g/mol. The first-order chi connectivity index (χ1) is 10.3. The maximum absolute atomic E-state index is 12.1. The molecule has 2 heterocycles. The van der Waals surface area contributed by atoms with Crippen molar-refractivity contribution in [3.05, 3.63) is 58.9 Å². The molecule has 4 heteroatoms. The van der Waals surface area contributed by atoms with Crippen LogP contribution in [-0.2, 0) is 11.2 Å². The zero-order valence-corrected chi connectivity index (χ0v) is 11.2. The zero-order chi connectivity index (χ0) is 14.4. The minimum absolute atomic E-state index is 0.0375. The molecule has 4 rings (SSSR count). The van der Waals surface area contributed by atoms with Gasteiger partial charge in [0.1, 0.15) is 0 Å². The van der Waals surface area contributed by atoms with Crippen molar-refractivity contribution in [1.82, 2.24) is 4.98 Å². The normalized spacial score (nSPS) is 15.5. The molecule has 0 saturated carbocycles. The molecule has 2 aromatic rings. The van der Waals surface area contributed by atoms with Crippen LogP contribution in [0.4, 0.5) is 5.69 Å². The molecule has 2 aliphatic rings. The van der Waals surface area contributed by atoms with Crippen molar-refractivity contribution in [2.75, 3.05) is 5.32 Å². The number of hydrogen-bond acceptors (Lipinski definition) is 3. The van der Waals surface area contributed by atoms with Crippen LogP contribution >= 0.6 is 0 Å². The number of hydrogen-bond donors (Lipinski definition) is 1. The summed E-state index contributed by atoms with van der Waals surface area (Å²) < 4.78 is 0. The van der Waals surface area contributed by atoms with E-state index in [9.17, 15) is 4.79 Å². The Balaban J connectivity index is 1.96. The molecule has 1 aliphatic carbocycles. The molecular weight excluding hydrogens is 262 g/mol. The van der Waals surface area contributed by atoms with Crippen LogP contribution < -0.4 is 5.32 Å². The van der Waals surface area contributed by atoms with E-state index < -0.39 is 0 Å². The number of nitriles is 1. The second kappa shape index (κ2) is 4.29. The SMILES string of the molecule is N#Cc1ccc2c(c1)C1=C(C2)c2ncccc2NC(=O)C1. The molecule has 0 fully saturated rings. The number of rotatable bonds is 0. The Morgan fingerprint density at radius 2 is 2.10 bits per heavy atom. The van der Waals surface area contributed by atoms with E-state index in [1.54, 1.807) is 6.20 Å². The smallest absolute Gasteiger partial charge is 0.228 e. The summed E-state index contributed by atoms with van der Waals surface area (Å²) in [5.41, 5.74) is 6.48. The van der Waals surface area contributed by atoms with E-state index in [-0.39, 0.29) is 5.91 Å². The second-order valence-electron chi connectivity index (χ2n) is 5.24. The van der Waals surface area contributed by atoms with Crippen molar-refractivity contribution in [3.8, 4) is 6.07 Å². The van der Waals surface area contributed by atoms with Crippen molar-refractivity contribution in [1.29, 1.82) is 5.26 Å². The molecule has 0 unspecified atom stereocenters. The Kier molecular flexibility index (Phi) is 2.42. The summed E-state index contributed by atoms with van der Waals surface area (Å²) in [5, 5.41) is 12.0. The Bertz CT molecular complexity index is 859. The Labute approximate surface area is 121 Å². The van der Waals surface area contributed by atoms with Crippen LogP contribution in [0, 0.1) is 11.3 Å². The van der Waals surface area contributed by atoms with Gasteiger partial charge in [-0.25, -0.2) is 0 Å². The van der Waals surface area contributed by atoms with Gasteiger partial charge < -0.3 is 5.32 Å². The molecule has 1 aromatic carbocycles. The lowest BCUT2D eigenvalue weighted by molar-refractivity contribution is -0.115. The molecule has 0 atom stereocenters. The fraction of sp³-hybridized carbons (Fsp3) is 0.118. The van der Waals surface area contributed by atoms with Crippen LogP contribution in [0.25, 0.3) is 11.1 Å². The summed E-state index contributed by atoms with van der Waals surface area (Å²) in [6.07, 6.45) is 2.83. The molecular formula is C17H11N3O. The molecule has 1 aliphatic heterocycles. The summed E-state index contributed by atoms with van der Waals surface area (Å²) in [7, 11) is 0. The highest BCUT2D eigenvalue weighted by molar-refractivity contribution is 6.11. The van der Waals surface area contributed by atoms with Gasteiger partial charge in [0.05, 0.1) is 29.4 Å². The maximum Gasteiger partial charge on any atom is 0.228 e. The van der Waals surface area contributed by atoms with Crippen LogP contribution in [0.2, 0.25) is 0 Å². The molecule has 100 valence electrons. The summed E-state index contributed by atoms with van der Waals surface area (Å²) in [6, 6.07) is 11.5. The molecule has 1 amide bonds.